The summed E-state index contributed by atoms with van der Waals surface area (Å²) in [5.74, 6) is 1.40. The molecule has 1 aliphatic carbocycles. The molecule has 8 heteroatoms. The molecule has 2 amide bonds. The van der Waals surface area contributed by atoms with Gasteiger partial charge in [-0.05, 0) is 36.4 Å². The third-order valence-corrected chi connectivity index (χ3v) is 7.55. The summed E-state index contributed by atoms with van der Waals surface area (Å²) in [6, 6.07) is 11.1. The van der Waals surface area contributed by atoms with Crippen molar-refractivity contribution in [3.05, 3.63) is 57.8 Å². The average Bonchev–Trinajstić information content (AvgIpc) is 3.53. The highest BCUT2D eigenvalue weighted by Gasteiger charge is 2.34. The van der Waals surface area contributed by atoms with Gasteiger partial charge in [-0.2, -0.15) is 0 Å². The Hall–Kier alpha value is -2.71. The van der Waals surface area contributed by atoms with Crippen molar-refractivity contribution in [2.24, 2.45) is 11.8 Å². The fourth-order valence-corrected chi connectivity index (χ4v) is 5.58. The first-order chi connectivity index (χ1) is 16.1. The van der Waals surface area contributed by atoms with E-state index in [0.717, 1.165) is 29.3 Å². The largest absolute Gasteiger partial charge is 0.444 e. The Bertz CT molecular complexity index is 956. The monoisotopic (exact) mass is 468 g/mol. The van der Waals surface area contributed by atoms with Crippen LogP contribution in [0.2, 0.25) is 0 Å². The van der Waals surface area contributed by atoms with E-state index in [0.29, 0.717) is 18.0 Å². The minimum absolute atomic E-state index is 0.0188. The second kappa shape index (κ2) is 11.4. The summed E-state index contributed by atoms with van der Waals surface area (Å²) in [5.41, 5.74) is 1.48. The summed E-state index contributed by atoms with van der Waals surface area (Å²) in [7, 11) is 0. The first-order valence-electron chi connectivity index (χ1n) is 11.7. The molecule has 2 fully saturated rings. The standard InChI is InChI=1S/C25H32N4O3S/c26-23(29-25(31)32-15-17-7-3-1-4-8-17)20-11-21(33-16-20)14-28-24(30)22-12-19(13-27-22)18-9-5-2-6-10-18/h1,3-4,7-8,11,16,18-19,22,27H,2,5-6,9-10,12-15H2,(H,28,30)(H2,26,29,31)/t19-,22+/m1/s1. The molecule has 2 heterocycles. The molecule has 1 saturated heterocycles. The fourth-order valence-electron chi connectivity index (χ4n) is 4.76. The lowest BCUT2D eigenvalue weighted by Crippen LogP contribution is -2.39. The van der Waals surface area contributed by atoms with E-state index in [2.05, 4.69) is 16.0 Å². The van der Waals surface area contributed by atoms with Crippen molar-refractivity contribution in [3.63, 3.8) is 0 Å². The van der Waals surface area contributed by atoms with Gasteiger partial charge in [-0.1, -0.05) is 62.4 Å². The summed E-state index contributed by atoms with van der Waals surface area (Å²) in [4.78, 5) is 25.5. The number of benzene rings is 1. The molecule has 1 saturated carbocycles. The lowest BCUT2D eigenvalue weighted by Gasteiger charge is -2.26. The molecular weight excluding hydrogens is 436 g/mol. The van der Waals surface area contributed by atoms with Crippen LogP contribution in [0.15, 0.2) is 41.8 Å². The van der Waals surface area contributed by atoms with E-state index in [1.54, 1.807) is 5.38 Å². The molecule has 0 spiro atoms. The van der Waals surface area contributed by atoms with Crippen LogP contribution >= 0.6 is 11.3 Å². The van der Waals surface area contributed by atoms with Gasteiger partial charge in [0.25, 0.3) is 0 Å². The highest BCUT2D eigenvalue weighted by atomic mass is 32.1. The fraction of sp³-hybridized carbons (Fsp3) is 0.480. The van der Waals surface area contributed by atoms with Crippen LogP contribution < -0.4 is 16.0 Å². The van der Waals surface area contributed by atoms with Gasteiger partial charge >= 0.3 is 6.09 Å². The number of hydrogen-bond acceptors (Lipinski definition) is 6. The number of alkyl carbamates (subject to hydrolysis) is 1. The minimum atomic E-state index is -0.662. The second-order valence-electron chi connectivity index (χ2n) is 8.94. The molecule has 2 aliphatic rings. The van der Waals surface area contributed by atoms with Crippen LogP contribution in [0.3, 0.4) is 0 Å². The van der Waals surface area contributed by atoms with Gasteiger partial charge in [-0.3, -0.25) is 15.5 Å². The van der Waals surface area contributed by atoms with Gasteiger partial charge in [-0.25, -0.2) is 4.79 Å². The zero-order valence-corrected chi connectivity index (χ0v) is 19.6. The van der Waals surface area contributed by atoms with E-state index in [1.165, 1.54) is 43.4 Å². The number of amides is 2. The van der Waals surface area contributed by atoms with Crippen LogP contribution in [-0.4, -0.2) is 30.4 Å². The molecule has 2 aromatic rings. The number of thiophene rings is 1. The summed E-state index contributed by atoms with van der Waals surface area (Å²) < 4.78 is 5.16. The number of rotatable bonds is 7. The van der Waals surface area contributed by atoms with Crippen LogP contribution in [0.1, 0.15) is 54.5 Å². The third-order valence-electron chi connectivity index (χ3n) is 6.62. The molecule has 176 valence electrons. The molecule has 2 atom stereocenters. The van der Waals surface area contributed by atoms with E-state index in [4.69, 9.17) is 10.1 Å². The first kappa shape index (κ1) is 23.4. The number of nitrogens with one attached hydrogen (secondary N) is 4. The maximum atomic E-state index is 12.6. The second-order valence-corrected chi connectivity index (χ2v) is 9.93. The van der Waals surface area contributed by atoms with Gasteiger partial charge in [0.1, 0.15) is 12.4 Å². The molecule has 1 aliphatic heterocycles. The van der Waals surface area contributed by atoms with Gasteiger partial charge in [-0.15, -0.1) is 11.3 Å². The van der Waals surface area contributed by atoms with E-state index in [1.807, 2.05) is 36.4 Å². The molecule has 0 radical (unpaired) electrons. The molecular formula is C25H32N4O3S. The van der Waals surface area contributed by atoms with Crippen molar-refractivity contribution in [2.45, 2.75) is 57.7 Å². The Morgan fingerprint density at radius 1 is 1.12 bits per heavy atom. The van der Waals surface area contributed by atoms with Crippen LogP contribution in [0, 0.1) is 17.2 Å². The Morgan fingerprint density at radius 3 is 2.70 bits per heavy atom. The number of ether oxygens (including phenoxy) is 1. The van der Waals surface area contributed by atoms with Crippen molar-refractivity contribution >= 4 is 29.2 Å². The first-order valence-corrected chi connectivity index (χ1v) is 12.6. The molecule has 0 unspecified atom stereocenters. The summed E-state index contributed by atoms with van der Waals surface area (Å²) in [5, 5.41) is 18.8. The maximum absolute atomic E-state index is 12.6. The lowest BCUT2D eigenvalue weighted by molar-refractivity contribution is -0.123. The van der Waals surface area contributed by atoms with Crippen molar-refractivity contribution in [2.75, 3.05) is 6.54 Å². The summed E-state index contributed by atoms with van der Waals surface area (Å²) >= 11 is 1.45. The highest BCUT2D eigenvalue weighted by molar-refractivity contribution is 7.10. The van der Waals surface area contributed by atoms with Crippen LogP contribution in [-0.2, 0) is 22.7 Å². The zero-order valence-electron chi connectivity index (χ0n) is 18.8. The average molecular weight is 469 g/mol. The number of carbonyl (C=O) groups excluding carboxylic acids is 2. The Balaban J connectivity index is 1.18. The molecule has 0 bridgehead atoms. The highest BCUT2D eigenvalue weighted by Crippen LogP contribution is 2.34. The minimum Gasteiger partial charge on any atom is -0.444 e. The van der Waals surface area contributed by atoms with E-state index in [9.17, 15) is 9.59 Å². The van der Waals surface area contributed by atoms with E-state index < -0.39 is 6.09 Å². The number of amidine groups is 1. The molecule has 4 N–H and O–H groups in total. The molecule has 1 aromatic carbocycles. The predicted molar refractivity (Wildman–Crippen MR) is 129 cm³/mol. The number of hydrogen-bond donors (Lipinski definition) is 4. The number of carbonyl (C=O) groups is 2. The maximum Gasteiger partial charge on any atom is 0.413 e. The Kier molecular flexibility index (Phi) is 8.12. The Morgan fingerprint density at radius 2 is 1.91 bits per heavy atom. The van der Waals surface area contributed by atoms with E-state index in [-0.39, 0.29) is 24.4 Å². The van der Waals surface area contributed by atoms with Crippen LogP contribution in [0.25, 0.3) is 0 Å². The third kappa shape index (κ3) is 6.65. The summed E-state index contributed by atoms with van der Waals surface area (Å²) in [6.07, 6.45) is 6.87. The van der Waals surface area contributed by atoms with Gasteiger partial charge in [0.05, 0.1) is 12.6 Å². The molecule has 7 nitrogen and oxygen atoms in total. The van der Waals surface area contributed by atoms with E-state index >= 15 is 0 Å². The molecule has 4 rings (SSSR count). The molecule has 33 heavy (non-hydrogen) atoms. The van der Waals surface area contributed by atoms with Crippen LogP contribution in [0.4, 0.5) is 4.79 Å². The predicted octanol–water partition coefficient (Wildman–Crippen LogP) is 4.17. The smallest absolute Gasteiger partial charge is 0.413 e. The van der Waals surface area contributed by atoms with Crippen LogP contribution in [0.5, 0.6) is 0 Å². The van der Waals surface area contributed by atoms with Gasteiger partial charge in [0, 0.05) is 15.8 Å². The van der Waals surface area contributed by atoms with Gasteiger partial charge < -0.3 is 15.4 Å². The van der Waals surface area contributed by atoms with Gasteiger partial charge in [0.15, 0.2) is 0 Å². The SMILES string of the molecule is N=C(NC(=O)OCc1ccccc1)c1csc(CNC(=O)[C@@H]2C[C@@H](C3CCCCC3)CN2)c1. The Labute approximate surface area is 198 Å². The molecule has 1 aromatic heterocycles. The van der Waals surface area contributed by atoms with Gasteiger partial charge in [0.2, 0.25) is 5.91 Å². The normalized spacial score (nSPS) is 20.8. The van der Waals surface area contributed by atoms with Crippen molar-refractivity contribution in [1.82, 2.24) is 16.0 Å². The van der Waals surface area contributed by atoms with Crippen molar-refractivity contribution < 1.29 is 14.3 Å². The van der Waals surface area contributed by atoms with Crippen molar-refractivity contribution in [3.8, 4) is 0 Å². The summed E-state index contributed by atoms with van der Waals surface area (Å²) in [6.45, 7) is 1.51. The van der Waals surface area contributed by atoms with Crippen molar-refractivity contribution in [1.29, 1.82) is 5.41 Å². The topological polar surface area (TPSA) is 103 Å². The zero-order chi connectivity index (χ0) is 23.0. The lowest BCUT2D eigenvalue weighted by atomic mass is 9.79. The quantitative estimate of drug-likeness (QED) is 0.362.